The second-order valence-electron chi connectivity index (χ2n) is 7.42. The summed E-state index contributed by atoms with van der Waals surface area (Å²) in [5.41, 5.74) is 3.45. The normalized spacial score (nSPS) is 14.8. The van der Waals surface area contributed by atoms with Gasteiger partial charge in [-0.2, -0.15) is 10.1 Å². The molecule has 5 rings (SSSR count). The molecule has 158 valence electrons. The van der Waals surface area contributed by atoms with E-state index in [9.17, 15) is 5.26 Å². The average molecular weight is 424 g/mol. The summed E-state index contributed by atoms with van der Waals surface area (Å²) in [5.74, 6) is 7.20. The maximum absolute atomic E-state index is 9.83. The standard InChI is InChI=1S/C25H20N4O3/c1-30-18-9-10-22(31-2)19(12-18)23-20(14-32-25-24(23)21(13-26)29(27)28-25)17-8-7-15-5-3-4-6-16(15)11-17/h3-12,14,23H,27H2,1-2H3/t23-/m1/s1. The van der Waals surface area contributed by atoms with Crippen LogP contribution in [-0.2, 0) is 0 Å². The minimum atomic E-state index is -0.406. The Kier molecular flexibility index (Phi) is 4.68. The van der Waals surface area contributed by atoms with Crippen molar-refractivity contribution < 1.29 is 14.2 Å². The van der Waals surface area contributed by atoms with Crippen LogP contribution in [-0.4, -0.2) is 24.1 Å². The number of benzene rings is 3. The fourth-order valence-corrected chi connectivity index (χ4v) is 4.22. The van der Waals surface area contributed by atoms with Crippen LogP contribution >= 0.6 is 0 Å². The van der Waals surface area contributed by atoms with E-state index < -0.39 is 5.92 Å². The third-order valence-electron chi connectivity index (χ3n) is 5.75. The molecule has 0 unspecified atom stereocenters. The number of hydrogen-bond acceptors (Lipinski definition) is 6. The molecule has 0 aliphatic carbocycles. The van der Waals surface area contributed by atoms with E-state index in [4.69, 9.17) is 20.1 Å². The van der Waals surface area contributed by atoms with Crippen LogP contribution in [0.25, 0.3) is 16.3 Å². The van der Waals surface area contributed by atoms with E-state index in [2.05, 4.69) is 35.4 Å². The molecule has 0 bridgehead atoms. The van der Waals surface area contributed by atoms with E-state index in [1.54, 1.807) is 20.5 Å². The van der Waals surface area contributed by atoms with Crippen LogP contribution in [0.5, 0.6) is 17.4 Å². The van der Waals surface area contributed by atoms with Gasteiger partial charge in [0.15, 0.2) is 5.69 Å². The number of fused-ring (bicyclic) bond motifs is 2. The van der Waals surface area contributed by atoms with Crippen LogP contribution in [0.3, 0.4) is 0 Å². The molecule has 0 amide bonds. The minimum Gasteiger partial charge on any atom is -0.497 e. The number of nitrogen functional groups attached to an aromatic ring is 1. The third-order valence-corrected chi connectivity index (χ3v) is 5.75. The molecule has 1 atom stereocenters. The quantitative estimate of drug-likeness (QED) is 0.493. The van der Waals surface area contributed by atoms with Crippen molar-refractivity contribution >= 4 is 16.3 Å². The number of nitriles is 1. The number of allylic oxidation sites excluding steroid dienone is 1. The number of hydrogen-bond donors (Lipinski definition) is 1. The van der Waals surface area contributed by atoms with Gasteiger partial charge in [-0.1, -0.05) is 36.4 Å². The largest absolute Gasteiger partial charge is 0.497 e. The molecule has 3 aromatic carbocycles. The smallest absolute Gasteiger partial charge is 0.245 e. The van der Waals surface area contributed by atoms with Crippen LogP contribution in [0.4, 0.5) is 0 Å². The first-order chi connectivity index (χ1) is 15.6. The van der Waals surface area contributed by atoms with Gasteiger partial charge < -0.3 is 20.1 Å². The zero-order chi connectivity index (χ0) is 22.2. The second kappa shape index (κ2) is 7.67. The molecule has 4 aromatic rings. The summed E-state index contributed by atoms with van der Waals surface area (Å²) in [5, 5.41) is 16.3. The Balaban J connectivity index is 1.78. The number of ether oxygens (including phenoxy) is 3. The van der Waals surface area contributed by atoms with Gasteiger partial charge in [-0.3, -0.25) is 0 Å². The van der Waals surface area contributed by atoms with Crippen LogP contribution in [0.2, 0.25) is 0 Å². The number of aromatic nitrogens is 2. The van der Waals surface area contributed by atoms with Gasteiger partial charge in [-0.25, -0.2) is 0 Å². The molecule has 1 aliphatic rings. The Morgan fingerprint density at radius 2 is 1.84 bits per heavy atom. The zero-order valence-electron chi connectivity index (χ0n) is 17.6. The molecule has 0 radical (unpaired) electrons. The Hall–Kier alpha value is -4.44. The van der Waals surface area contributed by atoms with E-state index in [0.717, 1.165) is 32.3 Å². The number of rotatable bonds is 4. The highest BCUT2D eigenvalue weighted by Crippen LogP contribution is 2.49. The fraction of sp³-hybridized carbons (Fsp3) is 0.120. The molecule has 0 saturated heterocycles. The number of nitrogens with two attached hydrogens (primary N) is 1. The molecule has 0 spiro atoms. The Morgan fingerprint density at radius 3 is 2.59 bits per heavy atom. The first-order valence-corrected chi connectivity index (χ1v) is 10.0. The summed E-state index contributed by atoms with van der Waals surface area (Å²) in [4.78, 5) is 1.06. The van der Waals surface area contributed by atoms with Gasteiger partial charge in [-0.15, -0.1) is 5.10 Å². The number of methoxy groups -OCH3 is 2. The Labute approximate surface area is 184 Å². The van der Waals surface area contributed by atoms with Gasteiger partial charge in [0.25, 0.3) is 0 Å². The monoisotopic (exact) mass is 424 g/mol. The molecule has 0 fully saturated rings. The molecule has 0 saturated carbocycles. The number of nitrogens with zero attached hydrogens (tertiary/aromatic N) is 3. The van der Waals surface area contributed by atoms with Crippen molar-refractivity contribution in [2.75, 3.05) is 20.1 Å². The lowest BCUT2D eigenvalue weighted by Gasteiger charge is -2.26. The van der Waals surface area contributed by atoms with E-state index in [1.165, 1.54) is 0 Å². The van der Waals surface area contributed by atoms with E-state index in [-0.39, 0.29) is 5.69 Å². The highest BCUT2D eigenvalue weighted by atomic mass is 16.5. The third kappa shape index (κ3) is 3.01. The molecular formula is C25H20N4O3. The SMILES string of the molecule is COc1ccc(OC)c([C@@H]2C(c3ccc4ccccc4c3)=COc3nn(N)c(C#N)c32)c1. The lowest BCUT2D eigenvalue weighted by atomic mass is 9.80. The van der Waals surface area contributed by atoms with Gasteiger partial charge in [0.1, 0.15) is 17.6 Å². The summed E-state index contributed by atoms with van der Waals surface area (Å²) in [6.07, 6.45) is 1.67. The maximum Gasteiger partial charge on any atom is 0.245 e. The van der Waals surface area contributed by atoms with Gasteiger partial charge in [0, 0.05) is 17.1 Å². The predicted octanol–water partition coefficient (Wildman–Crippen LogP) is 4.20. The predicted molar refractivity (Wildman–Crippen MR) is 121 cm³/mol. The van der Waals surface area contributed by atoms with E-state index in [1.807, 2.05) is 36.4 Å². The van der Waals surface area contributed by atoms with Crippen LogP contribution in [0.1, 0.15) is 28.3 Å². The molecule has 1 aromatic heterocycles. The van der Waals surface area contributed by atoms with E-state index >= 15 is 0 Å². The summed E-state index contributed by atoms with van der Waals surface area (Å²) in [6.45, 7) is 0. The molecule has 7 heteroatoms. The van der Waals surface area contributed by atoms with Crippen LogP contribution in [0, 0.1) is 11.3 Å². The molecule has 32 heavy (non-hydrogen) atoms. The van der Waals surface area contributed by atoms with Crippen molar-refractivity contribution in [1.82, 2.24) is 9.89 Å². The van der Waals surface area contributed by atoms with Crippen molar-refractivity contribution in [2.24, 2.45) is 0 Å². The summed E-state index contributed by atoms with van der Waals surface area (Å²) in [6, 6.07) is 22.1. The fourth-order valence-electron chi connectivity index (χ4n) is 4.22. The van der Waals surface area contributed by atoms with Crippen molar-refractivity contribution in [3.8, 4) is 23.4 Å². The summed E-state index contributed by atoms with van der Waals surface area (Å²) in [7, 11) is 3.22. The molecule has 2 heterocycles. The van der Waals surface area contributed by atoms with Crippen molar-refractivity contribution in [3.05, 3.63) is 89.3 Å². The molecule has 1 aliphatic heterocycles. The van der Waals surface area contributed by atoms with Crippen molar-refractivity contribution in [1.29, 1.82) is 5.26 Å². The van der Waals surface area contributed by atoms with E-state index in [0.29, 0.717) is 22.9 Å². The lowest BCUT2D eigenvalue weighted by Crippen LogP contribution is -2.15. The minimum absolute atomic E-state index is 0.223. The molecule has 2 N–H and O–H groups in total. The first-order valence-electron chi connectivity index (χ1n) is 10.0. The van der Waals surface area contributed by atoms with Crippen LogP contribution in [0.15, 0.2) is 66.9 Å². The zero-order valence-corrected chi connectivity index (χ0v) is 17.6. The lowest BCUT2D eigenvalue weighted by molar-refractivity contribution is 0.396. The molecular weight excluding hydrogens is 404 g/mol. The summed E-state index contributed by atoms with van der Waals surface area (Å²) >= 11 is 0. The van der Waals surface area contributed by atoms with Gasteiger partial charge in [-0.05, 0) is 40.6 Å². The van der Waals surface area contributed by atoms with Gasteiger partial charge in [0.2, 0.25) is 5.88 Å². The van der Waals surface area contributed by atoms with Crippen molar-refractivity contribution in [2.45, 2.75) is 5.92 Å². The van der Waals surface area contributed by atoms with Gasteiger partial charge >= 0.3 is 0 Å². The average Bonchev–Trinajstić information content (AvgIpc) is 3.17. The Bertz CT molecular complexity index is 1410. The second-order valence-corrected chi connectivity index (χ2v) is 7.42. The summed E-state index contributed by atoms with van der Waals surface area (Å²) < 4.78 is 17.0. The highest BCUT2D eigenvalue weighted by Gasteiger charge is 2.36. The molecule has 7 nitrogen and oxygen atoms in total. The maximum atomic E-state index is 9.83. The Morgan fingerprint density at radius 1 is 1.03 bits per heavy atom. The van der Waals surface area contributed by atoms with Gasteiger partial charge in [0.05, 0.1) is 26.0 Å². The topological polar surface area (TPSA) is 95.3 Å². The highest BCUT2D eigenvalue weighted by molar-refractivity contribution is 5.88. The van der Waals surface area contributed by atoms with Crippen LogP contribution < -0.4 is 20.1 Å². The van der Waals surface area contributed by atoms with Crippen molar-refractivity contribution in [3.63, 3.8) is 0 Å². The first kappa shape index (κ1) is 19.5.